The molecule has 0 bridgehead atoms. The first-order valence-electron chi connectivity index (χ1n) is 5.73. The Labute approximate surface area is 105 Å². The summed E-state index contributed by atoms with van der Waals surface area (Å²) in [5.41, 5.74) is 0. The lowest BCUT2D eigenvalue weighted by atomic mass is 9.77. The Bertz CT molecular complexity index is 233. The van der Waals surface area contributed by atoms with Gasteiger partial charge in [0.25, 0.3) is 0 Å². The van der Waals surface area contributed by atoms with E-state index in [4.69, 9.17) is 0 Å². The molecule has 4 heteroatoms. The zero-order valence-electron chi connectivity index (χ0n) is 9.29. The van der Waals surface area contributed by atoms with Crippen molar-refractivity contribution in [1.29, 1.82) is 0 Å². The summed E-state index contributed by atoms with van der Waals surface area (Å²) in [5.74, 6) is 0.759. The van der Waals surface area contributed by atoms with Crippen LogP contribution in [-0.2, 0) is 4.79 Å². The lowest BCUT2D eigenvalue weighted by Crippen LogP contribution is -2.54. The summed E-state index contributed by atoms with van der Waals surface area (Å²) in [6.45, 7) is 6.51. The molecule has 0 N–H and O–H groups in total. The molecule has 0 amide bonds. The third-order valence-corrected chi connectivity index (χ3v) is 4.75. The molecule has 1 aliphatic heterocycles. The highest BCUT2D eigenvalue weighted by Gasteiger charge is 2.36. The predicted octanol–water partition coefficient (Wildman–Crippen LogP) is 1.36. The number of carbonyl (C=O) groups is 1. The van der Waals surface area contributed by atoms with Crippen LogP contribution < -0.4 is 0 Å². The van der Waals surface area contributed by atoms with Crippen LogP contribution in [0.25, 0.3) is 0 Å². The van der Waals surface area contributed by atoms with Crippen molar-refractivity contribution in [2.75, 3.05) is 30.7 Å². The molecular formula is C11H19IN2O. The number of hydrogen-bond donors (Lipinski definition) is 0. The van der Waals surface area contributed by atoms with E-state index in [1.54, 1.807) is 6.92 Å². The van der Waals surface area contributed by atoms with E-state index in [0.717, 1.165) is 17.4 Å². The molecule has 1 saturated carbocycles. The molecule has 1 heterocycles. The van der Waals surface area contributed by atoms with E-state index in [2.05, 4.69) is 32.4 Å². The van der Waals surface area contributed by atoms with Crippen molar-refractivity contribution in [2.45, 2.75) is 25.8 Å². The van der Waals surface area contributed by atoms with Gasteiger partial charge in [-0.15, -0.1) is 0 Å². The van der Waals surface area contributed by atoms with E-state index in [-0.39, 0.29) is 0 Å². The Kier molecular flexibility index (Phi) is 4.01. The van der Waals surface area contributed by atoms with E-state index in [1.807, 2.05) is 0 Å². The van der Waals surface area contributed by atoms with Crippen LogP contribution in [-0.4, -0.2) is 52.4 Å². The van der Waals surface area contributed by atoms with Gasteiger partial charge in [0.1, 0.15) is 5.78 Å². The van der Waals surface area contributed by atoms with E-state index >= 15 is 0 Å². The minimum absolute atomic E-state index is 0.373. The van der Waals surface area contributed by atoms with Gasteiger partial charge >= 0.3 is 0 Å². The monoisotopic (exact) mass is 322 g/mol. The minimum atomic E-state index is 0.373. The molecule has 3 nitrogen and oxygen atoms in total. The normalized spacial score (nSPS) is 33.7. The van der Waals surface area contributed by atoms with Gasteiger partial charge in [0.05, 0.1) is 4.55 Å². The topological polar surface area (TPSA) is 23.6 Å². The number of alkyl halides is 1. The quantitative estimate of drug-likeness (QED) is 0.445. The lowest BCUT2D eigenvalue weighted by molar-refractivity contribution is -0.125. The molecule has 0 aromatic heterocycles. The molecule has 0 unspecified atom stereocenters. The molecule has 2 rings (SSSR count). The molecule has 2 aliphatic rings. The standard InChI is InChI=1S/C11H19IN2O/c1-9(15)10-6-11(7-10)14-4-2-13(8-12)3-5-14/h10-11H,2-8H2,1H3. The second-order valence-electron chi connectivity index (χ2n) is 4.71. The molecule has 0 spiro atoms. The number of Topliss-reactive ketones (excluding diaryl/α,β-unsaturated/α-hetero) is 1. The van der Waals surface area contributed by atoms with E-state index in [0.29, 0.717) is 17.7 Å². The number of piperazine rings is 1. The third kappa shape index (κ3) is 2.71. The van der Waals surface area contributed by atoms with Gasteiger partial charge in [0.15, 0.2) is 0 Å². The molecule has 0 aromatic carbocycles. The highest BCUT2D eigenvalue weighted by molar-refractivity contribution is 14.1. The molecule has 0 aromatic rings. The summed E-state index contributed by atoms with van der Waals surface area (Å²) in [7, 11) is 0. The maximum Gasteiger partial charge on any atom is 0.133 e. The fourth-order valence-electron chi connectivity index (χ4n) is 2.47. The smallest absolute Gasteiger partial charge is 0.133 e. The lowest BCUT2D eigenvalue weighted by Gasteiger charge is -2.45. The fraction of sp³-hybridized carbons (Fsp3) is 0.909. The number of hydrogen-bond acceptors (Lipinski definition) is 3. The average molecular weight is 322 g/mol. The van der Waals surface area contributed by atoms with Gasteiger partial charge in [-0.1, -0.05) is 22.6 Å². The Morgan fingerprint density at radius 2 is 1.87 bits per heavy atom. The molecule has 1 aliphatic carbocycles. The zero-order valence-corrected chi connectivity index (χ0v) is 11.4. The molecule has 0 atom stereocenters. The van der Waals surface area contributed by atoms with Crippen LogP contribution in [0.3, 0.4) is 0 Å². The number of halogens is 1. The van der Waals surface area contributed by atoms with Crippen molar-refractivity contribution in [3.8, 4) is 0 Å². The van der Waals surface area contributed by atoms with Gasteiger partial charge < -0.3 is 0 Å². The zero-order chi connectivity index (χ0) is 10.8. The average Bonchev–Trinajstić information content (AvgIpc) is 2.16. The van der Waals surface area contributed by atoms with Gasteiger partial charge in [-0.3, -0.25) is 14.6 Å². The van der Waals surface area contributed by atoms with Crippen LogP contribution in [0.1, 0.15) is 19.8 Å². The Hall–Kier alpha value is 0.320. The first-order valence-corrected chi connectivity index (χ1v) is 7.26. The minimum Gasteiger partial charge on any atom is -0.300 e. The molecule has 1 saturated heterocycles. The van der Waals surface area contributed by atoms with E-state index in [1.165, 1.54) is 26.2 Å². The van der Waals surface area contributed by atoms with Crippen LogP contribution in [0, 0.1) is 5.92 Å². The van der Waals surface area contributed by atoms with E-state index in [9.17, 15) is 4.79 Å². The third-order valence-electron chi connectivity index (χ3n) is 3.78. The Balaban J connectivity index is 1.72. The van der Waals surface area contributed by atoms with Crippen molar-refractivity contribution >= 4 is 28.4 Å². The second-order valence-corrected chi connectivity index (χ2v) is 5.39. The highest BCUT2D eigenvalue weighted by atomic mass is 127. The Morgan fingerprint density at radius 1 is 1.27 bits per heavy atom. The highest BCUT2D eigenvalue weighted by Crippen LogP contribution is 2.32. The molecule has 15 heavy (non-hydrogen) atoms. The van der Waals surface area contributed by atoms with Gasteiger partial charge in [-0.2, -0.15) is 0 Å². The fourth-order valence-corrected chi connectivity index (χ4v) is 3.15. The second kappa shape index (κ2) is 5.10. The van der Waals surface area contributed by atoms with Crippen LogP contribution in [0.4, 0.5) is 0 Å². The van der Waals surface area contributed by atoms with Crippen LogP contribution in [0.15, 0.2) is 0 Å². The van der Waals surface area contributed by atoms with Gasteiger partial charge in [0, 0.05) is 38.1 Å². The first-order chi connectivity index (χ1) is 7.20. The van der Waals surface area contributed by atoms with Crippen molar-refractivity contribution in [2.24, 2.45) is 5.92 Å². The number of carbonyl (C=O) groups excluding carboxylic acids is 1. The van der Waals surface area contributed by atoms with Crippen LogP contribution in [0.5, 0.6) is 0 Å². The number of ketones is 1. The van der Waals surface area contributed by atoms with Crippen molar-refractivity contribution < 1.29 is 4.79 Å². The molecular weight excluding hydrogens is 303 g/mol. The summed E-state index contributed by atoms with van der Waals surface area (Å²) in [5, 5.41) is 0. The molecule has 0 radical (unpaired) electrons. The van der Waals surface area contributed by atoms with Crippen molar-refractivity contribution in [3.63, 3.8) is 0 Å². The van der Waals surface area contributed by atoms with Gasteiger partial charge in [-0.05, 0) is 19.8 Å². The van der Waals surface area contributed by atoms with Crippen LogP contribution >= 0.6 is 22.6 Å². The maximum atomic E-state index is 11.1. The molecule has 86 valence electrons. The summed E-state index contributed by atoms with van der Waals surface area (Å²) in [4.78, 5) is 16.2. The van der Waals surface area contributed by atoms with Crippen molar-refractivity contribution in [3.05, 3.63) is 0 Å². The maximum absolute atomic E-state index is 11.1. The largest absolute Gasteiger partial charge is 0.300 e. The summed E-state index contributed by atoms with van der Waals surface area (Å²) < 4.78 is 1.15. The summed E-state index contributed by atoms with van der Waals surface area (Å²) >= 11 is 2.43. The molecule has 2 fully saturated rings. The SMILES string of the molecule is CC(=O)C1CC(N2CCN(CI)CC2)C1. The predicted molar refractivity (Wildman–Crippen MR) is 69.2 cm³/mol. The van der Waals surface area contributed by atoms with Crippen molar-refractivity contribution in [1.82, 2.24) is 9.80 Å². The first kappa shape index (κ1) is 11.8. The van der Waals surface area contributed by atoms with E-state index < -0.39 is 0 Å². The Morgan fingerprint density at radius 3 is 2.33 bits per heavy atom. The van der Waals surface area contributed by atoms with Crippen LogP contribution in [0.2, 0.25) is 0 Å². The summed E-state index contributed by atoms with van der Waals surface area (Å²) in [6, 6.07) is 0.704. The summed E-state index contributed by atoms with van der Waals surface area (Å²) in [6.07, 6.45) is 2.22. The number of nitrogens with zero attached hydrogens (tertiary/aromatic N) is 2. The number of rotatable bonds is 3. The van der Waals surface area contributed by atoms with Gasteiger partial charge in [0.2, 0.25) is 0 Å². The van der Waals surface area contributed by atoms with Gasteiger partial charge in [-0.25, -0.2) is 0 Å².